The molecule has 0 fully saturated rings. The molecule has 0 radical (unpaired) electrons. The van der Waals surface area contributed by atoms with Gasteiger partial charge in [0.05, 0.1) is 12.2 Å². The maximum absolute atomic E-state index is 12.9. The zero-order chi connectivity index (χ0) is 18.7. The fourth-order valence-electron chi connectivity index (χ4n) is 2.70. The standard InChI is InChI=1S/C18H19F2N5O/c1-12-4-3-5-14(8-12)10-24-7-6-16(23-24)21-17(26)11-25-15(18(19)20)9-13(2)22-25/h3-9,18H,10-11H2,1-2H3,(H,21,23,26). The van der Waals surface area contributed by atoms with Gasteiger partial charge in [-0.3, -0.25) is 14.2 Å². The molecule has 0 aliphatic carbocycles. The molecule has 2 heterocycles. The third-order valence-electron chi connectivity index (χ3n) is 3.79. The first-order valence-electron chi connectivity index (χ1n) is 8.12. The SMILES string of the molecule is Cc1cccc(Cn2ccc(NC(=O)Cn3nc(C)cc3C(F)F)n2)c1. The van der Waals surface area contributed by atoms with Crippen molar-refractivity contribution < 1.29 is 13.6 Å². The predicted molar refractivity (Wildman–Crippen MR) is 93.1 cm³/mol. The third kappa shape index (κ3) is 4.33. The summed E-state index contributed by atoms with van der Waals surface area (Å²) < 4.78 is 28.6. The lowest BCUT2D eigenvalue weighted by atomic mass is 10.1. The predicted octanol–water partition coefficient (Wildman–Crippen LogP) is 3.32. The quantitative estimate of drug-likeness (QED) is 0.734. The van der Waals surface area contributed by atoms with Crippen molar-refractivity contribution in [3.63, 3.8) is 0 Å². The Bertz CT molecular complexity index is 916. The van der Waals surface area contributed by atoms with Crippen LogP contribution in [0.5, 0.6) is 0 Å². The van der Waals surface area contributed by atoms with Gasteiger partial charge in [-0.05, 0) is 25.5 Å². The van der Waals surface area contributed by atoms with Gasteiger partial charge in [0.2, 0.25) is 5.91 Å². The van der Waals surface area contributed by atoms with Crippen molar-refractivity contribution in [1.29, 1.82) is 0 Å². The van der Waals surface area contributed by atoms with Gasteiger partial charge in [0.1, 0.15) is 12.2 Å². The number of hydrogen-bond acceptors (Lipinski definition) is 3. The van der Waals surface area contributed by atoms with Crippen LogP contribution >= 0.6 is 0 Å². The molecule has 8 heteroatoms. The minimum Gasteiger partial charge on any atom is -0.308 e. The monoisotopic (exact) mass is 359 g/mol. The lowest BCUT2D eigenvalue weighted by Crippen LogP contribution is -2.21. The molecule has 1 N–H and O–H groups in total. The van der Waals surface area contributed by atoms with Crippen molar-refractivity contribution in [3.05, 3.63) is 65.1 Å². The lowest BCUT2D eigenvalue weighted by Gasteiger charge is -2.06. The molecular formula is C18H19F2N5O. The second kappa shape index (κ2) is 7.47. The maximum Gasteiger partial charge on any atom is 0.280 e. The summed E-state index contributed by atoms with van der Waals surface area (Å²) >= 11 is 0. The van der Waals surface area contributed by atoms with Gasteiger partial charge in [-0.15, -0.1) is 0 Å². The Balaban J connectivity index is 1.63. The van der Waals surface area contributed by atoms with Crippen molar-refractivity contribution in [3.8, 4) is 0 Å². The molecule has 0 atom stereocenters. The number of halogens is 2. The fourth-order valence-corrected chi connectivity index (χ4v) is 2.70. The highest BCUT2D eigenvalue weighted by molar-refractivity contribution is 5.89. The average molecular weight is 359 g/mol. The zero-order valence-electron chi connectivity index (χ0n) is 14.5. The number of carbonyl (C=O) groups excluding carboxylic acids is 1. The number of aromatic nitrogens is 4. The summed E-state index contributed by atoms with van der Waals surface area (Å²) in [5, 5.41) is 10.8. The number of nitrogens with zero attached hydrogens (tertiary/aromatic N) is 4. The first-order valence-corrected chi connectivity index (χ1v) is 8.12. The van der Waals surface area contributed by atoms with Crippen molar-refractivity contribution >= 4 is 11.7 Å². The van der Waals surface area contributed by atoms with E-state index >= 15 is 0 Å². The van der Waals surface area contributed by atoms with Crippen LogP contribution in [-0.4, -0.2) is 25.5 Å². The number of rotatable bonds is 6. The summed E-state index contributed by atoms with van der Waals surface area (Å²) in [7, 11) is 0. The molecule has 1 aromatic carbocycles. The second-order valence-corrected chi connectivity index (χ2v) is 6.10. The van der Waals surface area contributed by atoms with Crippen LogP contribution in [0.25, 0.3) is 0 Å². The number of carbonyl (C=O) groups is 1. The van der Waals surface area contributed by atoms with Crippen LogP contribution < -0.4 is 5.32 Å². The van der Waals surface area contributed by atoms with E-state index in [1.165, 1.54) is 6.07 Å². The van der Waals surface area contributed by atoms with E-state index in [1.807, 2.05) is 25.1 Å². The molecule has 3 rings (SSSR count). The average Bonchev–Trinajstić information content (AvgIpc) is 3.13. The molecule has 1 amide bonds. The minimum atomic E-state index is -2.68. The van der Waals surface area contributed by atoms with Gasteiger partial charge in [-0.1, -0.05) is 29.8 Å². The van der Waals surface area contributed by atoms with E-state index in [2.05, 4.69) is 21.6 Å². The summed E-state index contributed by atoms with van der Waals surface area (Å²) in [6.07, 6.45) is -0.932. The van der Waals surface area contributed by atoms with Crippen molar-refractivity contribution in [1.82, 2.24) is 19.6 Å². The number of nitrogens with one attached hydrogen (secondary N) is 1. The number of amides is 1. The molecule has 0 aliphatic rings. The Labute approximate surface area is 149 Å². The van der Waals surface area contributed by atoms with Gasteiger partial charge in [-0.25, -0.2) is 8.78 Å². The third-order valence-corrected chi connectivity index (χ3v) is 3.79. The van der Waals surface area contributed by atoms with Gasteiger partial charge in [0.25, 0.3) is 6.43 Å². The smallest absolute Gasteiger partial charge is 0.280 e. The van der Waals surface area contributed by atoms with Gasteiger partial charge >= 0.3 is 0 Å². The summed E-state index contributed by atoms with van der Waals surface area (Å²) in [4.78, 5) is 12.1. The van der Waals surface area contributed by atoms with E-state index in [9.17, 15) is 13.6 Å². The van der Waals surface area contributed by atoms with Crippen LogP contribution in [0.1, 0.15) is 28.9 Å². The summed E-state index contributed by atoms with van der Waals surface area (Å²) in [5.74, 6) is -0.0964. The lowest BCUT2D eigenvalue weighted by molar-refractivity contribution is -0.117. The number of aryl methyl sites for hydroxylation is 2. The highest BCUT2D eigenvalue weighted by Crippen LogP contribution is 2.19. The largest absolute Gasteiger partial charge is 0.308 e. The highest BCUT2D eigenvalue weighted by Gasteiger charge is 2.17. The van der Waals surface area contributed by atoms with Crippen LogP contribution in [0, 0.1) is 13.8 Å². The van der Waals surface area contributed by atoms with Gasteiger partial charge < -0.3 is 5.32 Å². The van der Waals surface area contributed by atoms with E-state index in [1.54, 1.807) is 23.9 Å². The summed E-state index contributed by atoms with van der Waals surface area (Å²) in [6, 6.07) is 11.0. The summed E-state index contributed by atoms with van der Waals surface area (Å²) in [6.45, 7) is 3.90. The first-order chi connectivity index (χ1) is 12.4. The fraction of sp³-hybridized carbons (Fsp3) is 0.278. The Hall–Kier alpha value is -3.03. The molecular weight excluding hydrogens is 340 g/mol. The normalized spacial score (nSPS) is 11.1. The Morgan fingerprint density at radius 1 is 1.19 bits per heavy atom. The van der Waals surface area contributed by atoms with E-state index in [4.69, 9.17) is 0 Å². The van der Waals surface area contributed by atoms with Crippen LogP contribution in [-0.2, 0) is 17.9 Å². The topological polar surface area (TPSA) is 64.7 Å². The number of hydrogen-bond donors (Lipinski definition) is 1. The van der Waals surface area contributed by atoms with Gasteiger partial charge in [0, 0.05) is 12.3 Å². The Morgan fingerprint density at radius 3 is 2.73 bits per heavy atom. The van der Waals surface area contributed by atoms with Crippen molar-refractivity contribution in [2.45, 2.75) is 33.4 Å². The van der Waals surface area contributed by atoms with Crippen molar-refractivity contribution in [2.24, 2.45) is 0 Å². The van der Waals surface area contributed by atoms with E-state index in [0.29, 0.717) is 18.1 Å². The van der Waals surface area contributed by atoms with E-state index < -0.39 is 12.3 Å². The molecule has 0 unspecified atom stereocenters. The number of alkyl halides is 2. The number of benzene rings is 1. The van der Waals surface area contributed by atoms with Crippen LogP contribution in [0.3, 0.4) is 0 Å². The molecule has 0 spiro atoms. The van der Waals surface area contributed by atoms with Crippen molar-refractivity contribution in [2.75, 3.05) is 5.32 Å². The van der Waals surface area contributed by atoms with E-state index in [0.717, 1.165) is 15.8 Å². The Morgan fingerprint density at radius 2 is 2.00 bits per heavy atom. The molecule has 2 aromatic heterocycles. The second-order valence-electron chi connectivity index (χ2n) is 6.10. The van der Waals surface area contributed by atoms with Crippen LogP contribution in [0.4, 0.5) is 14.6 Å². The molecule has 0 saturated heterocycles. The Kier molecular flexibility index (Phi) is 5.11. The van der Waals surface area contributed by atoms with E-state index in [-0.39, 0.29) is 12.2 Å². The molecule has 0 aliphatic heterocycles. The minimum absolute atomic E-state index is 0.275. The molecule has 0 saturated carbocycles. The summed E-state index contributed by atoms with van der Waals surface area (Å²) in [5.41, 5.74) is 2.42. The van der Waals surface area contributed by atoms with Crippen LogP contribution in [0.15, 0.2) is 42.6 Å². The first kappa shape index (κ1) is 17.8. The van der Waals surface area contributed by atoms with Gasteiger partial charge in [0.15, 0.2) is 5.82 Å². The zero-order valence-corrected chi connectivity index (χ0v) is 14.5. The highest BCUT2D eigenvalue weighted by atomic mass is 19.3. The number of anilines is 1. The molecule has 136 valence electrons. The molecule has 3 aromatic rings. The van der Waals surface area contributed by atoms with Crippen LogP contribution in [0.2, 0.25) is 0 Å². The molecule has 6 nitrogen and oxygen atoms in total. The molecule has 26 heavy (non-hydrogen) atoms. The maximum atomic E-state index is 12.9. The van der Waals surface area contributed by atoms with Gasteiger partial charge in [-0.2, -0.15) is 10.2 Å². The molecule has 0 bridgehead atoms.